The second kappa shape index (κ2) is 16.9. The molecule has 1 unspecified atom stereocenters. The lowest BCUT2D eigenvalue weighted by Crippen LogP contribution is -2.53. The van der Waals surface area contributed by atoms with Gasteiger partial charge in [0.15, 0.2) is 0 Å². The second-order valence-electron chi connectivity index (χ2n) is 11.3. The average molecular weight is 765 g/mol. The van der Waals surface area contributed by atoms with E-state index in [1.165, 1.54) is 15.6 Å². The van der Waals surface area contributed by atoms with Gasteiger partial charge in [0.25, 0.3) is 0 Å². The van der Waals surface area contributed by atoms with Gasteiger partial charge in [0.2, 0.25) is 11.8 Å². The Morgan fingerprint density at radius 3 is 2.10 bits per heavy atom. The maximum atomic E-state index is 12.3. The van der Waals surface area contributed by atoms with Gasteiger partial charge in [0.05, 0.1) is 22.4 Å². The van der Waals surface area contributed by atoms with Crippen molar-refractivity contribution in [3.63, 3.8) is 0 Å². The van der Waals surface area contributed by atoms with Crippen molar-refractivity contribution in [2.45, 2.75) is 38.6 Å². The van der Waals surface area contributed by atoms with E-state index in [0.717, 1.165) is 50.5 Å². The van der Waals surface area contributed by atoms with Crippen LogP contribution in [-0.4, -0.2) is 27.8 Å². The van der Waals surface area contributed by atoms with E-state index in [2.05, 4.69) is 84.9 Å². The largest absolute Gasteiger partial charge is 0.324 e. The molecule has 6 nitrogen and oxygen atoms in total. The molecule has 7 rings (SSSR count). The van der Waals surface area contributed by atoms with Crippen LogP contribution in [0.25, 0.3) is 21.8 Å². The van der Waals surface area contributed by atoms with Crippen LogP contribution < -0.4 is 10.2 Å². The van der Waals surface area contributed by atoms with Crippen molar-refractivity contribution < 1.29 is 9.59 Å². The third-order valence-electron chi connectivity index (χ3n) is 7.93. The number of amides is 2. The summed E-state index contributed by atoms with van der Waals surface area (Å²) >= 11 is 7.00. The van der Waals surface area contributed by atoms with Gasteiger partial charge < -0.3 is 10.2 Å². The Balaban J connectivity index is 0.000000161. The summed E-state index contributed by atoms with van der Waals surface area (Å²) in [5.41, 5.74) is 5.95. The number of rotatable bonds is 7. The third kappa shape index (κ3) is 8.82. The Labute approximate surface area is 298 Å². The summed E-state index contributed by atoms with van der Waals surface area (Å²) in [5.74, 6) is 0.110. The highest BCUT2D eigenvalue weighted by Crippen LogP contribution is 2.35. The predicted octanol–water partition coefficient (Wildman–Crippen LogP) is 10.2. The summed E-state index contributed by atoms with van der Waals surface area (Å²) in [5, 5.41) is 4.89. The number of fused-ring (bicyclic) bond motifs is 2. The van der Waals surface area contributed by atoms with Crippen molar-refractivity contribution in [2.75, 3.05) is 10.2 Å². The molecule has 1 saturated heterocycles. The summed E-state index contributed by atoms with van der Waals surface area (Å²) in [6, 6.07) is 36.2. The molecule has 0 spiro atoms. The second-order valence-corrected chi connectivity index (χ2v) is 13.0. The SMILES string of the molecule is C=CCC(=O)Nc1cccc2cccnc12.Cc1ccccc1Br.O=C1CC(CCc2ccccc2Br)N1c1cccc2cccnc12. The zero-order valence-electron chi connectivity index (χ0n) is 26.7. The van der Waals surface area contributed by atoms with E-state index in [1.807, 2.05) is 89.8 Å². The van der Waals surface area contributed by atoms with Crippen molar-refractivity contribution in [2.24, 2.45) is 0 Å². The number of carbonyl (C=O) groups excluding carboxylic acids is 2. The minimum absolute atomic E-state index is 0.0758. The number of aryl methyl sites for hydroxylation is 2. The van der Waals surface area contributed by atoms with Crippen LogP contribution in [0.2, 0.25) is 0 Å². The number of halogens is 2. The molecule has 242 valence electrons. The molecule has 48 heavy (non-hydrogen) atoms. The topological polar surface area (TPSA) is 75.2 Å². The average Bonchev–Trinajstić information content (AvgIpc) is 3.09. The number of aromatic nitrogens is 2. The van der Waals surface area contributed by atoms with Crippen LogP contribution in [0.1, 0.15) is 30.4 Å². The van der Waals surface area contributed by atoms with Crippen molar-refractivity contribution >= 4 is 76.9 Å². The first-order valence-electron chi connectivity index (χ1n) is 15.7. The quantitative estimate of drug-likeness (QED) is 0.130. The summed E-state index contributed by atoms with van der Waals surface area (Å²) in [6.45, 7) is 5.60. The summed E-state index contributed by atoms with van der Waals surface area (Å²) < 4.78 is 2.31. The zero-order chi connectivity index (χ0) is 33.9. The zero-order valence-corrected chi connectivity index (χ0v) is 29.8. The van der Waals surface area contributed by atoms with E-state index < -0.39 is 0 Å². The van der Waals surface area contributed by atoms with Gasteiger partial charge in [0.1, 0.15) is 0 Å². The minimum Gasteiger partial charge on any atom is -0.324 e. The highest BCUT2D eigenvalue weighted by molar-refractivity contribution is 9.10. The molecule has 0 saturated carbocycles. The summed E-state index contributed by atoms with van der Waals surface area (Å²) in [6.07, 6.45) is 7.91. The number of benzene rings is 4. The number of nitrogens with one attached hydrogen (secondary N) is 1. The lowest BCUT2D eigenvalue weighted by molar-refractivity contribution is -0.124. The van der Waals surface area contributed by atoms with Gasteiger partial charge in [-0.15, -0.1) is 6.58 Å². The Kier molecular flexibility index (Phi) is 12.2. The molecule has 1 aliphatic rings. The molecule has 6 aromatic rings. The van der Waals surface area contributed by atoms with Crippen molar-refractivity contribution in [1.29, 1.82) is 0 Å². The van der Waals surface area contributed by atoms with Crippen LogP contribution in [-0.2, 0) is 16.0 Å². The van der Waals surface area contributed by atoms with Crippen LogP contribution in [0, 0.1) is 6.92 Å². The molecule has 3 heterocycles. The van der Waals surface area contributed by atoms with Crippen molar-refractivity contribution in [1.82, 2.24) is 9.97 Å². The molecule has 0 bridgehead atoms. The van der Waals surface area contributed by atoms with Gasteiger partial charge in [-0.2, -0.15) is 0 Å². The molecule has 4 aromatic carbocycles. The number of nitrogens with zero attached hydrogens (tertiary/aromatic N) is 3. The van der Waals surface area contributed by atoms with Crippen LogP contribution in [0.5, 0.6) is 0 Å². The molecule has 1 aliphatic heterocycles. The highest BCUT2D eigenvalue weighted by Gasteiger charge is 2.37. The molecule has 2 amide bonds. The molecule has 0 radical (unpaired) electrons. The van der Waals surface area contributed by atoms with E-state index >= 15 is 0 Å². The molecular formula is C40H36Br2N4O2. The van der Waals surface area contributed by atoms with Gasteiger partial charge in [0, 0.05) is 51.0 Å². The number of β-lactam (4-membered cyclic amide) rings is 1. The summed E-state index contributed by atoms with van der Waals surface area (Å²) in [7, 11) is 0. The van der Waals surface area contributed by atoms with Crippen LogP contribution in [0.15, 0.2) is 143 Å². The molecule has 1 atom stereocenters. The first-order chi connectivity index (χ1) is 23.4. The fourth-order valence-electron chi connectivity index (χ4n) is 5.44. The molecule has 2 aromatic heterocycles. The Morgan fingerprint density at radius 2 is 1.46 bits per heavy atom. The highest BCUT2D eigenvalue weighted by atomic mass is 79.9. The molecule has 0 aliphatic carbocycles. The van der Waals surface area contributed by atoms with E-state index in [4.69, 9.17) is 0 Å². The fourth-order valence-corrected chi connectivity index (χ4v) is 6.21. The maximum Gasteiger partial charge on any atom is 0.229 e. The first-order valence-corrected chi connectivity index (χ1v) is 17.3. The van der Waals surface area contributed by atoms with Crippen molar-refractivity contribution in [3.05, 3.63) is 154 Å². The number of anilines is 2. The molecule has 8 heteroatoms. The standard InChI is InChI=1S/C20H17BrN2O.C13H12N2O.C7H7Br/c21-17-8-2-1-5-14(17)10-11-16-13-19(24)23(16)18-9-3-6-15-7-4-12-22-20(15)18;1-2-5-12(16)15-11-8-3-6-10-7-4-9-14-13(10)11;1-6-4-2-3-5-7(6)8/h1-9,12,16H,10-11,13H2;2-4,6-9H,1,5H2,(H,15,16);2-5H,1H3. The van der Waals surface area contributed by atoms with Gasteiger partial charge in [-0.3, -0.25) is 19.6 Å². The monoisotopic (exact) mass is 762 g/mol. The molecule has 1 fully saturated rings. The minimum atomic E-state index is -0.0758. The van der Waals surface area contributed by atoms with Crippen LogP contribution in [0.4, 0.5) is 11.4 Å². The van der Waals surface area contributed by atoms with E-state index in [1.54, 1.807) is 18.5 Å². The van der Waals surface area contributed by atoms with Gasteiger partial charge in [-0.25, -0.2) is 0 Å². The number of hydrogen-bond donors (Lipinski definition) is 1. The van der Waals surface area contributed by atoms with Gasteiger partial charge in [-0.05, 0) is 67.3 Å². The predicted molar refractivity (Wildman–Crippen MR) is 204 cm³/mol. The number of para-hydroxylation sites is 2. The third-order valence-corrected chi connectivity index (χ3v) is 9.60. The summed E-state index contributed by atoms with van der Waals surface area (Å²) in [4.78, 5) is 34.4. The first kappa shape index (κ1) is 34.7. The van der Waals surface area contributed by atoms with Crippen LogP contribution in [0.3, 0.4) is 0 Å². The Hall–Kier alpha value is -4.66. The molecular weight excluding hydrogens is 728 g/mol. The fraction of sp³-hybridized carbons (Fsp3) is 0.150. The van der Waals surface area contributed by atoms with Gasteiger partial charge in [-0.1, -0.05) is 111 Å². The van der Waals surface area contributed by atoms with E-state index in [-0.39, 0.29) is 17.9 Å². The normalized spacial score (nSPS) is 13.4. The Bertz CT molecular complexity index is 2020. The number of carbonyl (C=O) groups is 2. The van der Waals surface area contributed by atoms with E-state index in [9.17, 15) is 9.59 Å². The Morgan fingerprint density at radius 1 is 0.833 bits per heavy atom. The van der Waals surface area contributed by atoms with Gasteiger partial charge >= 0.3 is 0 Å². The number of pyridine rings is 2. The smallest absolute Gasteiger partial charge is 0.229 e. The van der Waals surface area contributed by atoms with Crippen LogP contribution >= 0.6 is 31.9 Å². The van der Waals surface area contributed by atoms with E-state index in [0.29, 0.717) is 12.8 Å². The lowest BCUT2D eigenvalue weighted by atomic mass is 9.93. The van der Waals surface area contributed by atoms with Crippen molar-refractivity contribution in [3.8, 4) is 0 Å². The molecule has 1 N–H and O–H groups in total. The lowest BCUT2D eigenvalue weighted by Gasteiger charge is -2.41. The number of hydrogen-bond acceptors (Lipinski definition) is 4. The maximum absolute atomic E-state index is 12.3.